The highest BCUT2D eigenvalue weighted by atomic mass is 15.2. The Morgan fingerprint density at radius 2 is 1.67 bits per heavy atom. The molecule has 0 spiro atoms. The summed E-state index contributed by atoms with van der Waals surface area (Å²) in [6.45, 7) is 2.44. The highest BCUT2D eigenvalue weighted by molar-refractivity contribution is 5.39. The topological polar surface area (TPSA) is 29.0 Å². The molecule has 3 aliphatic carbocycles. The van der Waals surface area contributed by atoms with Crippen molar-refractivity contribution >= 4 is 5.82 Å². The first-order valence-electron chi connectivity index (χ1n) is 7.46. The SMILES string of the molecule is c1cc(N(CC2CC2)CC2CC2)nc(C2CC2)n1. The lowest BCUT2D eigenvalue weighted by molar-refractivity contribution is 0.667. The molecule has 0 aromatic carbocycles. The molecule has 0 atom stereocenters. The first kappa shape index (κ1) is 10.8. The Balaban J connectivity index is 1.53. The van der Waals surface area contributed by atoms with Crippen LogP contribution in [0.5, 0.6) is 0 Å². The zero-order valence-electron chi connectivity index (χ0n) is 10.9. The van der Waals surface area contributed by atoms with Crippen LogP contribution in [-0.2, 0) is 0 Å². The van der Waals surface area contributed by atoms with Crippen molar-refractivity contribution in [2.45, 2.75) is 44.4 Å². The summed E-state index contributed by atoms with van der Waals surface area (Å²) < 4.78 is 0. The monoisotopic (exact) mass is 243 g/mol. The van der Waals surface area contributed by atoms with E-state index in [-0.39, 0.29) is 0 Å². The van der Waals surface area contributed by atoms with Gasteiger partial charge in [0.15, 0.2) is 0 Å². The van der Waals surface area contributed by atoms with E-state index in [2.05, 4.69) is 16.0 Å². The molecule has 3 aliphatic rings. The molecule has 0 amide bonds. The van der Waals surface area contributed by atoms with Crippen LogP contribution in [0.15, 0.2) is 12.3 Å². The van der Waals surface area contributed by atoms with Crippen LogP contribution in [0.1, 0.15) is 50.3 Å². The molecule has 3 saturated carbocycles. The molecular weight excluding hydrogens is 222 g/mol. The van der Waals surface area contributed by atoms with Crippen LogP contribution in [-0.4, -0.2) is 23.1 Å². The van der Waals surface area contributed by atoms with Crippen molar-refractivity contribution in [1.29, 1.82) is 0 Å². The smallest absolute Gasteiger partial charge is 0.133 e. The standard InChI is InChI=1S/C15H21N3/c1-2-11(1)9-18(10-12-3-4-12)14-7-8-16-15(17-14)13-5-6-13/h7-8,11-13H,1-6,9-10H2. The third-order valence-electron chi connectivity index (χ3n) is 4.28. The second-order valence-electron chi connectivity index (χ2n) is 6.34. The molecule has 0 unspecified atom stereocenters. The fraction of sp³-hybridized carbons (Fsp3) is 0.733. The van der Waals surface area contributed by atoms with Gasteiger partial charge < -0.3 is 4.90 Å². The van der Waals surface area contributed by atoms with E-state index in [9.17, 15) is 0 Å². The third kappa shape index (κ3) is 2.50. The zero-order chi connectivity index (χ0) is 11.9. The summed E-state index contributed by atoms with van der Waals surface area (Å²) in [5.74, 6) is 4.80. The minimum Gasteiger partial charge on any atom is -0.356 e. The Morgan fingerprint density at radius 3 is 2.22 bits per heavy atom. The molecule has 3 fully saturated rings. The molecule has 1 aromatic rings. The van der Waals surface area contributed by atoms with Crippen molar-refractivity contribution in [2.75, 3.05) is 18.0 Å². The Hall–Kier alpha value is -1.12. The Morgan fingerprint density at radius 1 is 1.00 bits per heavy atom. The zero-order valence-corrected chi connectivity index (χ0v) is 10.9. The summed E-state index contributed by atoms with van der Waals surface area (Å²) in [4.78, 5) is 11.8. The molecule has 0 saturated heterocycles. The van der Waals surface area contributed by atoms with Gasteiger partial charge in [0.2, 0.25) is 0 Å². The lowest BCUT2D eigenvalue weighted by Crippen LogP contribution is -2.29. The van der Waals surface area contributed by atoms with Crippen LogP contribution >= 0.6 is 0 Å². The minimum absolute atomic E-state index is 0.661. The highest BCUT2D eigenvalue weighted by Crippen LogP contribution is 2.39. The van der Waals surface area contributed by atoms with E-state index in [0.29, 0.717) is 5.92 Å². The summed E-state index contributed by atoms with van der Waals surface area (Å²) in [6.07, 6.45) is 10.2. The van der Waals surface area contributed by atoms with Gasteiger partial charge in [0.25, 0.3) is 0 Å². The maximum Gasteiger partial charge on any atom is 0.133 e. The second kappa shape index (κ2) is 4.22. The Bertz CT molecular complexity index is 419. The number of nitrogens with zero attached hydrogens (tertiary/aromatic N) is 3. The van der Waals surface area contributed by atoms with Gasteiger partial charge in [-0.25, -0.2) is 9.97 Å². The van der Waals surface area contributed by atoms with E-state index in [0.717, 1.165) is 17.7 Å². The first-order chi connectivity index (χ1) is 8.88. The molecule has 0 aliphatic heterocycles. The largest absolute Gasteiger partial charge is 0.356 e. The van der Waals surface area contributed by atoms with Crippen LogP contribution in [0, 0.1) is 11.8 Å². The number of hydrogen-bond acceptors (Lipinski definition) is 3. The molecule has 1 heterocycles. The Kier molecular flexibility index (Phi) is 2.52. The fourth-order valence-electron chi connectivity index (χ4n) is 2.56. The summed E-state index contributed by atoms with van der Waals surface area (Å²) in [5.41, 5.74) is 0. The molecule has 3 heteroatoms. The van der Waals surface area contributed by atoms with Gasteiger partial charge in [0, 0.05) is 25.2 Å². The normalized spacial score (nSPS) is 23.1. The number of hydrogen-bond donors (Lipinski definition) is 0. The quantitative estimate of drug-likeness (QED) is 0.769. The van der Waals surface area contributed by atoms with Crippen molar-refractivity contribution in [3.8, 4) is 0 Å². The predicted octanol–water partition coefficient (Wildman–Crippen LogP) is 2.98. The second-order valence-corrected chi connectivity index (χ2v) is 6.34. The van der Waals surface area contributed by atoms with Crippen molar-refractivity contribution in [1.82, 2.24) is 9.97 Å². The number of anilines is 1. The minimum atomic E-state index is 0.661. The van der Waals surface area contributed by atoms with Crippen molar-refractivity contribution in [3.05, 3.63) is 18.1 Å². The maximum atomic E-state index is 4.81. The van der Waals surface area contributed by atoms with Crippen LogP contribution in [0.3, 0.4) is 0 Å². The van der Waals surface area contributed by atoms with E-state index in [1.165, 1.54) is 57.4 Å². The molecule has 1 aromatic heterocycles. The van der Waals surface area contributed by atoms with Crippen LogP contribution in [0.2, 0.25) is 0 Å². The number of rotatable bonds is 6. The summed E-state index contributed by atoms with van der Waals surface area (Å²) >= 11 is 0. The van der Waals surface area contributed by atoms with E-state index >= 15 is 0 Å². The van der Waals surface area contributed by atoms with E-state index in [1.54, 1.807) is 0 Å². The van der Waals surface area contributed by atoms with E-state index in [4.69, 9.17) is 4.98 Å². The van der Waals surface area contributed by atoms with Gasteiger partial charge in [-0.15, -0.1) is 0 Å². The van der Waals surface area contributed by atoms with Crippen molar-refractivity contribution in [2.24, 2.45) is 11.8 Å². The summed E-state index contributed by atoms with van der Waals surface area (Å²) in [5, 5.41) is 0. The summed E-state index contributed by atoms with van der Waals surface area (Å²) in [6, 6.07) is 2.11. The van der Waals surface area contributed by atoms with Gasteiger partial charge in [-0.05, 0) is 56.4 Å². The molecule has 0 radical (unpaired) electrons. The fourth-order valence-corrected chi connectivity index (χ4v) is 2.56. The predicted molar refractivity (Wildman–Crippen MR) is 71.7 cm³/mol. The van der Waals surface area contributed by atoms with Gasteiger partial charge in [-0.3, -0.25) is 0 Å². The van der Waals surface area contributed by atoms with Crippen molar-refractivity contribution < 1.29 is 0 Å². The molecule has 3 nitrogen and oxygen atoms in total. The average molecular weight is 243 g/mol. The van der Waals surface area contributed by atoms with E-state index < -0.39 is 0 Å². The third-order valence-corrected chi connectivity index (χ3v) is 4.28. The van der Waals surface area contributed by atoms with Crippen LogP contribution in [0.4, 0.5) is 5.82 Å². The van der Waals surface area contributed by atoms with Crippen molar-refractivity contribution in [3.63, 3.8) is 0 Å². The Labute approximate surface area is 109 Å². The molecule has 18 heavy (non-hydrogen) atoms. The van der Waals surface area contributed by atoms with Crippen LogP contribution in [0.25, 0.3) is 0 Å². The molecule has 4 rings (SSSR count). The van der Waals surface area contributed by atoms with Gasteiger partial charge in [-0.1, -0.05) is 0 Å². The highest BCUT2D eigenvalue weighted by Gasteiger charge is 2.31. The summed E-state index contributed by atoms with van der Waals surface area (Å²) in [7, 11) is 0. The lowest BCUT2D eigenvalue weighted by Gasteiger charge is -2.23. The average Bonchev–Trinajstić information content (AvgIpc) is 3.27. The van der Waals surface area contributed by atoms with Crippen LogP contribution < -0.4 is 4.90 Å². The van der Waals surface area contributed by atoms with Gasteiger partial charge in [0.05, 0.1) is 0 Å². The van der Waals surface area contributed by atoms with E-state index in [1.807, 2.05) is 6.20 Å². The van der Waals surface area contributed by atoms with Gasteiger partial charge >= 0.3 is 0 Å². The molecule has 0 bridgehead atoms. The number of aromatic nitrogens is 2. The maximum absolute atomic E-state index is 4.81. The molecule has 0 N–H and O–H groups in total. The lowest BCUT2D eigenvalue weighted by atomic mass is 10.3. The molecule has 96 valence electrons. The first-order valence-corrected chi connectivity index (χ1v) is 7.46. The molecular formula is C15H21N3. The van der Waals surface area contributed by atoms with Gasteiger partial charge in [0.1, 0.15) is 11.6 Å². The van der Waals surface area contributed by atoms with Gasteiger partial charge in [-0.2, -0.15) is 0 Å².